The third-order valence-electron chi connectivity index (χ3n) is 3.67. The smallest absolute Gasteiger partial charge is 0.270 e. The fourth-order valence-electron chi connectivity index (χ4n) is 2.47. The number of nitrogens with zero attached hydrogens (tertiary/aromatic N) is 2. The maximum atomic E-state index is 12.5. The minimum Gasteiger partial charge on any atom is -0.384 e. The highest BCUT2D eigenvalue weighted by Gasteiger charge is 2.28. The van der Waals surface area contributed by atoms with E-state index in [-0.39, 0.29) is 28.7 Å². The molecule has 0 atom stereocenters. The molecular formula is C15H14N4O3. The molecule has 1 saturated carbocycles. The number of benzene rings is 1. The molecule has 0 spiro atoms. The van der Waals surface area contributed by atoms with Gasteiger partial charge in [0.2, 0.25) is 0 Å². The van der Waals surface area contributed by atoms with Gasteiger partial charge in [0.25, 0.3) is 11.2 Å². The van der Waals surface area contributed by atoms with Gasteiger partial charge < -0.3 is 10.3 Å². The van der Waals surface area contributed by atoms with Crippen LogP contribution >= 0.6 is 0 Å². The topological polar surface area (TPSA) is 115 Å². The Kier molecular flexibility index (Phi) is 3.25. The number of hydrogen-bond acceptors (Lipinski definition) is 4. The van der Waals surface area contributed by atoms with Crippen molar-refractivity contribution >= 4 is 11.5 Å². The van der Waals surface area contributed by atoms with E-state index in [2.05, 4.69) is 0 Å². The van der Waals surface area contributed by atoms with Gasteiger partial charge in [-0.1, -0.05) is 12.1 Å². The van der Waals surface area contributed by atoms with E-state index >= 15 is 0 Å². The second-order valence-corrected chi connectivity index (χ2v) is 5.26. The number of non-ortho nitro benzene ring substituents is 1. The number of hydrogen-bond donors (Lipinski definition) is 2. The van der Waals surface area contributed by atoms with Crippen molar-refractivity contribution in [1.29, 1.82) is 5.41 Å². The Labute approximate surface area is 125 Å². The summed E-state index contributed by atoms with van der Waals surface area (Å²) in [6.07, 6.45) is 1.76. The Morgan fingerprint density at radius 3 is 2.64 bits per heavy atom. The van der Waals surface area contributed by atoms with Crippen LogP contribution in [-0.4, -0.2) is 15.3 Å². The van der Waals surface area contributed by atoms with E-state index in [1.54, 1.807) is 22.8 Å². The Bertz CT molecular complexity index is 837. The summed E-state index contributed by atoms with van der Waals surface area (Å²) >= 11 is 0. The van der Waals surface area contributed by atoms with E-state index in [1.807, 2.05) is 0 Å². The molecule has 2 aromatic rings. The summed E-state index contributed by atoms with van der Waals surface area (Å²) in [6, 6.07) is 9.44. The maximum Gasteiger partial charge on any atom is 0.270 e. The molecule has 1 fully saturated rings. The predicted molar refractivity (Wildman–Crippen MR) is 82.1 cm³/mol. The van der Waals surface area contributed by atoms with Gasteiger partial charge >= 0.3 is 0 Å². The molecule has 0 amide bonds. The molecule has 1 aromatic heterocycles. The number of nitro benzene ring substituents is 1. The van der Waals surface area contributed by atoms with E-state index in [0.717, 1.165) is 12.8 Å². The quantitative estimate of drug-likeness (QED) is 0.389. The highest BCUT2D eigenvalue weighted by atomic mass is 16.6. The summed E-state index contributed by atoms with van der Waals surface area (Å²) in [5.74, 6) is -0.273. The van der Waals surface area contributed by atoms with Crippen LogP contribution in [0.15, 0.2) is 41.2 Å². The molecule has 112 valence electrons. The molecule has 0 radical (unpaired) electrons. The summed E-state index contributed by atoms with van der Waals surface area (Å²) in [7, 11) is 0. The number of amidine groups is 1. The van der Waals surface area contributed by atoms with Crippen molar-refractivity contribution in [3.05, 3.63) is 62.4 Å². The predicted octanol–water partition coefficient (Wildman–Crippen LogP) is 2.04. The first-order chi connectivity index (χ1) is 10.5. The molecule has 0 aliphatic heterocycles. The van der Waals surface area contributed by atoms with Crippen LogP contribution in [0.3, 0.4) is 0 Å². The average molecular weight is 298 g/mol. The highest BCUT2D eigenvalue weighted by molar-refractivity contribution is 5.94. The Balaban J connectivity index is 2.21. The van der Waals surface area contributed by atoms with Crippen molar-refractivity contribution in [2.45, 2.75) is 18.9 Å². The lowest BCUT2D eigenvalue weighted by molar-refractivity contribution is -0.384. The monoisotopic (exact) mass is 298 g/mol. The van der Waals surface area contributed by atoms with Crippen LogP contribution in [0.2, 0.25) is 0 Å². The second kappa shape index (κ2) is 5.10. The summed E-state index contributed by atoms with van der Waals surface area (Å²) in [6.45, 7) is 0. The van der Waals surface area contributed by atoms with E-state index in [0.29, 0.717) is 11.3 Å². The lowest BCUT2D eigenvalue weighted by Crippen LogP contribution is -2.30. The van der Waals surface area contributed by atoms with Crippen molar-refractivity contribution in [3.8, 4) is 11.3 Å². The van der Waals surface area contributed by atoms with Gasteiger partial charge in [-0.2, -0.15) is 0 Å². The van der Waals surface area contributed by atoms with Crippen LogP contribution in [-0.2, 0) is 0 Å². The van der Waals surface area contributed by atoms with Crippen molar-refractivity contribution in [3.63, 3.8) is 0 Å². The van der Waals surface area contributed by atoms with Gasteiger partial charge in [0.1, 0.15) is 5.84 Å². The Morgan fingerprint density at radius 2 is 2.05 bits per heavy atom. The Morgan fingerprint density at radius 1 is 1.32 bits per heavy atom. The fourth-order valence-corrected chi connectivity index (χ4v) is 2.47. The van der Waals surface area contributed by atoms with Gasteiger partial charge in [-0.25, -0.2) is 0 Å². The first-order valence-electron chi connectivity index (χ1n) is 6.84. The van der Waals surface area contributed by atoms with Gasteiger partial charge in [0.15, 0.2) is 0 Å². The zero-order valence-electron chi connectivity index (χ0n) is 11.7. The normalized spacial score (nSPS) is 13.8. The summed E-state index contributed by atoms with van der Waals surface area (Å²) in [5, 5.41) is 18.4. The third kappa shape index (κ3) is 2.37. The van der Waals surface area contributed by atoms with Crippen LogP contribution < -0.4 is 11.3 Å². The van der Waals surface area contributed by atoms with E-state index in [9.17, 15) is 14.9 Å². The van der Waals surface area contributed by atoms with Crippen molar-refractivity contribution < 1.29 is 4.92 Å². The number of nitrogens with two attached hydrogens (primary N) is 1. The van der Waals surface area contributed by atoms with Gasteiger partial charge in [-0.05, 0) is 25.0 Å². The molecule has 22 heavy (non-hydrogen) atoms. The lowest BCUT2D eigenvalue weighted by Gasteiger charge is -2.13. The molecule has 0 unspecified atom stereocenters. The maximum absolute atomic E-state index is 12.5. The summed E-state index contributed by atoms with van der Waals surface area (Å²) in [4.78, 5) is 23.0. The standard InChI is InChI=1S/C15H14N4O3/c16-14(17)12-6-7-13(18(15(12)20)10-4-5-10)9-2-1-3-11(8-9)19(21)22/h1-3,6-8,10H,4-5H2,(H3,16,17). The van der Waals surface area contributed by atoms with Crippen LogP contribution in [0.25, 0.3) is 11.3 Å². The minimum atomic E-state index is -0.465. The second-order valence-electron chi connectivity index (χ2n) is 5.26. The first-order valence-corrected chi connectivity index (χ1v) is 6.84. The number of aromatic nitrogens is 1. The molecule has 7 nitrogen and oxygen atoms in total. The van der Waals surface area contributed by atoms with Crippen LogP contribution in [0.5, 0.6) is 0 Å². The number of nitrogens with one attached hydrogen (secondary N) is 1. The van der Waals surface area contributed by atoms with Crippen LogP contribution in [0.1, 0.15) is 24.4 Å². The molecule has 0 bridgehead atoms. The molecule has 3 N–H and O–H groups in total. The van der Waals surface area contributed by atoms with Crippen molar-refractivity contribution in [2.24, 2.45) is 5.73 Å². The SMILES string of the molecule is N=C(N)c1ccc(-c2cccc([N+](=O)[O-])c2)n(C2CC2)c1=O. The number of pyridine rings is 1. The van der Waals surface area contributed by atoms with E-state index in [1.165, 1.54) is 18.2 Å². The van der Waals surface area contributed by atoms with Gasteiger partial charge in [-0.3, -0.25) is 20.3 Å². The highest BCUT2D eigenvalue weighted by Crippen LogP contribution is 2.37. The zero-order chi connectivity index (χ0) is 15.9. The largest absolute Gasteiger partial charge is 0.384 e. The van der Waals surface area contributed by atoms with E-state index < -0.39 is 4.92 Å². The molecule has 3 rings (SSSR count). The number of nitro groups is 1. The van der Waals surface area contributed by atoms with Gasteiger partial charge in [0.05, 0.1) is 16.2 Å². The van der Waals surface area contributed by atoms with Crippen molar-refractivity contribution in [2.75, 3.05) is 0 Å². The molecular weight excluding hydrogens is 284 g/mol. The average Bonchev–Trinajstić information content (AvgIpc) is 3.31. The third-order valence-corrected chi connectivity index (χ3v) is 3.67. The van der Waals surface area contributed by atoms with Crippen LogP contribution in [0, 0.1) is 15.5 Å². The number of nitrogen functional groups attached to an aromatic ring is 1. The lowest BCUT2D eigenvalue weighted by atomic mass is 10.1. The first kappa shape index (κ1) is 14.0. The summed E-state index contributed by atoms with van der Waals surface area (Å²) < 4.78 is 1.59. The molecule has 1 aliphatic rings. The molecule has 7 heteroatoms. The molecule has 1 heterocycles. The number of rotatable bonds is 4. The fraction of sp³-hybridized carbons (Fsp3) is 0.200. The molecule has 1 aliphatic carbocycles. The van der Waals surface area contributed by atoms with E-state index in [4.69, 9.17) is 11.1 Å². The van der Waals surface area contributed by atoms with Crippen LogP contribution in [0.4, 0.5) is 5.69 Å². The Hall–Kier alpha value is -2.96. The minimum absolute atomic E-state index is 0.0251. The van der Waals surface area contributed by atoms with Gasteiger partial charge in [0, 0.05) is 23.7 Å². The van der Waals surface area contributed by atoms with Crippen molar-refractivity contribution in [1.82, 2.24) is 4.57 Å². The molecule has 1 aromatic carbocycles. The zero-order valence-corrected chi connectivity index (χ0v) is 11.7. The molecule has 0 saturated heterocycles. The van der Waals surface area contributed by atoms with Gasteiger partial charge in [-0.15, -0.1) is 0 Å². The summed E-state index contributed by atoms with van der Waals surface area (Å²) in [5.41, 5.74) is 6.46.